The van der Waals surface area contributed by atoms with Gasteiger partial charge in [0.2, 0.25) is 0 Å². The maximum Gasteiger partial charge on any atom is 0.171 e. The molecule has 2 saturated heterocycles. The molecule has 2 rings (SSSR count). The molecule has 0 aromatic rings. The highest BCUT2D eigenvalue weighted by atomic mass is 16.7. The van der Waals surface area contributed by atoms with Crippen LogP contribution in [0.5, 0.6) is 0 Å². The van der Waals surface area contributed by atoms with E-state index >= 15 is 0 Å². The van der Waals surface area contributed by atoms with Gasteiger partial charge in [0.05, 0.1) is 13.2 Å². The molecule has 2 aliphatic heterocycles. The van der Waals surface area contributed by atoms with Gasteiger partial charge in [0.15, 0.2) is 5.79 Å². The first kappa shape index (κ1) is 10.4. The van der Waals surface area contributed by atoms with E-state index in [1.165, 1.54) is 0 Å². The standard InChI is InChI=1S/C11H21NO2/c1-9(2)7-11(13-5-6-14-11)8-10(3,4)12-9/h12H,5-8H2,1-4H3. The van der Waals surface area contributed by atoms with Gasteiger partial charge in [0, 0.05) is 23.9 Å². The molecule has 0 atom stereocenters. The Morgan fingerprint density at radius 3 is 1.71 bits per heavy atom. The second kappa shape index (κ2) is 2.94. The monoisotopic (exact) mass is 199 g/mol. The highest BCUT2D eigenvalue weighted by Crippen LogP contribution is 2.41. The minimum atomic E-state index is -0.321. The Bertz CT molecular complexity index is 211. The average molecular weight is 199 g/mol. The lowest BCUT2D eigenvalue weighted by Gasteiger charge is -2.50. The van der Waals surface area contributed by atoms with Crippen molar-refractivity contribution in [3.63, 3.8) is 0 Å². The molecular weight excluding hydrogens is 178 g/mol. The largest absolute Gasteiger partial charge is 0.347 e. The van der Waals surface area contributed by atoms with E-state index in [4.69, 9.17) is 9.47 Å². The Hall–Kier alpha value is -0.120. The van der Waals surface area contributed by atoms with Crippen molar-refractivity contribution in [1.82, 2.24) is 5.32 Å². The van der Waals surface area contributed by atoms with Crippen LogP contribution in [0.4, 0.5) is 0 Å². The molecule has 3 heteroatoms. The summed E-state index contributed by atoms with van der Waals surface area (Å²) in [6, 6.07) is 0. The molecule has 2 fully saturated rings. The molecule has 2 aliphatic rings. The second-order valence-corrected chi connectivity index (χ2v) is 5.85. The smallest absolute Gasteiger partial charge is 0.171 e. The summed E-state index contributed by atoms with van der Waals surface area (Å²) >= 11 is 0. The maximum absolute atomic E-state index is 5.79. The minimum absolute atomic E-state index is 0.0894. The summed E-state index contributed by atoms with van der Waals surface area (Å²) in [5, 5.41) is 3.62. The third-order valence-electron chi connectivity index (χ3n) is 2.91. The minimum Gasteiger partial charge on any atom is -0.347 e. The fourth-order valence-electron chi connectivity index (χ4n) is 3.11. The Kier molecular flexibility index (Phi) is 2.18. The van der Waals surface area contributed by atoms with Gasteiger partial charge in [0.25, 0.3) is 0 Å². The number of nitrogens with one attached hydrogen (secondary N) is 1. The van der Waals surface area contributed by atoms with Gasteiger partial charge in [-0.3, -0.25) is 0 Å². The van der Waals surface area contributed by atoms with E-state index in [-0.39, 0.29) is 16.9 Å². The topological polar surface area (TPSA) is 30.5 Å². The Morgan fingerprint density at radius 2 is 1.29 bits per heavy atom. The average Bonchev–Trinajstić information content (AvgIpc) is 2.27. The van der Waals surface area contributed by atoms with E-state index in [2.05, 4.69) is 33.0 Å². The Labute approximate surface area is 86.2 Å². The first-order valence-electron chi connectivity index (χ1n) is 5.40. The zero-order valence-electron chi connectivity index (χ0n) is 9.64. The van der Waals surface area contributed by atoms with E-state index in [1.54, 1.807) is 0 Å². The Morgan fingerprint density at radius 1 is 0.857 bits per heavy atom. The molecule has 14 heavy (non-hydrogen) atoms. The van der Waals surface area contributed by atoms with Gasteiger partial charge in [-0.2, -0.15) is 0 Å². The van der Waals surface area contributed by atoms with Crippen molar-refractivity contribution in [2.24, 2.45) is 0 Å². The van der Waals surface area contributed by atoms with Crippen molar-refractivity contribution in [2.45, 2.75) is 57.4 Å². The summed E-state index contributed by atoms with van der Waals surface area (Å²) in [5.41, 5.74) is 0.179. The SMILES string of the molecule is CC1(C)CC2(CC(C)(C)N1)OCCO2. The summed E-state index contributed by atoms with van der Waals surface area (Å²) in [5.74, 6) is -0.321. The molecule has 0 aromatic carbocycles. The van der Waals surface area contributed by atoms with Gasteiger partial charge < -0.3 is 14.8 Å². The molecule has 0 radical (unpaired) electrons. The molecule has 0 bridgehead atoms. The van der Waals surface area contributed by atoms with Crippen molar-refractivity contribution in [1.29, 1.82) is 0 Å². The second-order valence-electron chi connectivity index (χ2n) is 5.85. The summed E-state index contributed by atoms with van der Waals surface area (Å²) in [6.07, 6.45) is 1.87. The third kappa shape index (κ3) is 1.95. The summed E-state index contributed by atoms with van der Waals surface area (Å²) in [7, 11) is 0. The molecular formula is C11H21NO2. The van der Waals surface area contributed by atoms with E-state index < -0.39 is 0 Å². The van der Waals surface area contributed by atoms with E-state index in [9.17, 15) is 0 Å². The van der Waals surface area contributed by atoms with Crippen LogP contribution in [0.1, 0.15) is 40.5 Å². The molecule has 1 N–H and O–H groups in total. The molecule has 2 heterocycles. The summed E-state index contributed by atoms with van der Waals surface area (Å²) in [4.78, 5) is 0. The highest BCUT2D eigenvalue weighted by molar-refractivity contribution is 5.02. The van der Waals surface area contributed by atoms with Gasteiger partial charge in [-0.25, -0.2) is 0 Å². The van der Waals surface area contributed by atoms with Gasteiger partial charge >= 0.3 is 0 Å². The quantitative estimate of drug-likeness (QED) is 0.643. The van der Waals surface area contributed by atoms with E-state index in [1.807, 2.05) is 0 Å². The molecule has 0 aromatic heterocycles. The van der Waals surface area contributed by atoms with Crippen molar-refractivity contribution in [3.05, 3.63) is 0 Å². The van der Waals surface area contributed by atoms with E-state index in [0.29, 0.717) is 0 Å². The van der Waals surface area contributed by atoms with Crippen LogP contribution in [0.2, 0.25) is 0 Å². The lowest BCUT2D eigenvalue weighted by Crippen LogP contribution is -2.63. The highest BCUT2D eigenvalue weighted by Gasteiger charge is 2.50. The van der Waals surface area contributed by atoms with Crippen molar-refractivity contribution in [2.75, 3.05) is 13.2 Å². The zero-order valence-corrected chi connectivity index (χ0v) is 9.64. The van der Waals surface area contributed by atoms with E-state index in [0.717, 1.165) is 26.1 Å². The lowest BCUT2D eigenvalue weighted by molar-refractivity contribution is -0.205. The van der Waals surface area contributed by atoms with Gasteiger partial charge in [-0.1, -0.05) is 0 Å². The Balaban J connectivity index is 2.20. The molecule has 3 nitrogen and oxygen atoms in total. The molecule has 0 amide bonds. The molecule has 0 unspecified atom stereocenters. The van der Waals surface area contributed by atoms with Gasteiger partial charge in [-0.05, 0) is 27.7 Å². The predicted octanol–water partition coefficient (Wildman–Crippen LogP) is 1.67. The van der Waals surface area contributed by atoms with Gasteiger partial charge in [0.1, 0.15) is 0 Å². The lowest BCUT2D eigenvalue weighted by atomic mass is 9.79. The molecule has 82 valence electrons. The number of rotatable bonds is 0. The normalized spacial score (nSPS) is 33.4. The number of hydrogen-bond donors (Lipinski definition) is 1. The number of ether oxygens (including phenoxy) is 2. The van der Waals surface area contributed by atoms with Crippen LogP contribution in [0.3, 0.4) is 0 Å². The van der Waals surface area contributed by atoms with Crippen LogP contribution in [0.25, 0.3) is 0 Å². The van der Waals surface area contributed by atoms with Crippen molar-refractivity contribution < 1.29 is 9.47 Å². The molecule has 1 spiro atoms. The molecule has 0 aliphatic carbocycles. The molecule has 0 saturated carbocycles. The van der Waals surface area contributed by atoms with Crippen LogP contribution in [-0.4, -0.2) is 30.1 Å². The first-order chi connectivity index (χ1) is 6.33. The fourth-order valence-corrected chi connectivity index (χ4v) is 3.11. The van der Waals surface area contributed by atoms with Crippen molar-refractivity contribution >= 4 is 0 Å². The summed E-state index contributed by atoms with van der Waals surface area (Å²) < 4.78 is 11.6. The van der Waals surface area contributed by atoms with Crippen molar-refractivity contribution in [3.8, 4) is 0 Å². The predicted molar refractivity (Wildman–Crippen MR) is 55.2 cm³/mol. The maximum atomic E-state index is 5.79. The summed E-state index contributed by atoms with van der Waals surface area (Å²) in [6.45, 7) is 10.3. The fraction of sp³-hybridized carbons (Fsp3) is 1.00. The number of piperidine rings is 1. The van der Waals surface area contributed by atoms with Crippen LogP contribution in [-0.2, 0) is 9.47 Å². The van der Waals surface area contributed by atoms with Gasteiger partial charge in [-0.15, -0.1) is 0 Å². The van der Waals surface area contributed by atoms with Crippen LogP contribution in [0, 0.1) is 0 Å². The van der Waals surface area contributed by atoms with Crippen LogP contribution < -0.4 is 5.32 Å². The van der Waals surface area contributed by atoms with Crippen LogP contribution in [0.15, 0.2) is 0 Å². The van der Waals surface area contributed by atoms with Crippen LogP contribution >= 0.6 is 0 Å². The first-order valence-corrected chi connectivity index (χ1v) is 5.40. The number of hydrogen-bond acceptors (Lipinski definition) is 3. The third-order valence-corrected chi connectivity index (χ3v) is 2.91. The zero-order chi connectivity index (χ0) is 10.4.